The summed E-state index contributed by atoms with van der Waals surface area (Å²) in [6.45, 7) is 0. The lowest BCUT2D eigenvalue weighted by atomic mass is 10.2. The van der Waals surface area contributed by atoms with Gasteiger partial charge in [0.05, 0.1) is 18.2 Å². The second-order valence-corrected chi connectivity index (χ2v) is 4.25. The lowest BCUT2D eigenvalue weighted by molar-refractivity contribution is -0.384. The Labute approximate surface area is 126 Å². The predicted octanol–water partition coefficient (Wildman–Crippen LogP) is 2.37. The monoisotopic (exact) mass is 299 g/mol. The summed E-state index contributed by atoms with van der Waals surface area (Å²) in [5, 5.41) is 14.6. The molecule has 0 atom stereocenters. The van der Waals surface area contributed by atoms with Gasteiger partial charge in [-0.15, -0.1) is 0 Å². The van der Waals surface area contributed by atoms with Crippen molar-refractivity contribution in [1.29, 1.82) is 0 Å². The average molecular weight is 299 g/mol. The molecule has 0 aliphatic rings. The minimum absolute atomic E-state index is 0.0864. The zero-order chi connectivity index (χ0) is 15.9. The molecule has 7 heteroatoms. The van der Waals surface area contributed by atoms with Crippen molar-refractivity contribution in [3.8, 4) is 5.75 Å². The van der Waals surface area contributed by atoms with E-state index in [0.29, 0.717) is 16.9 Å². The first-order valence-electron chi connectivity index (χ1n) is 6.32. The zero-order valence-corrected chi connectivity index (χ0v) is 11.7. The van der Waals surface area contributed by atoms with Crippen LogP contribution >= 0.6 is 0 Å². The molecule has 7 nitrogen and oxygen atoms in total. The van der Waals surface area contributed by atoms with Gasteiger partial charge in [-0.25, -0.2) is 5.43 Å². The van der Waals surface area contributed by atoms with E-state index in [0.717, 1.165) is 0 Å². The maximum absolute atomic E-state index is 11.8. The fraction of sp³-hybridized carbons (Fsp3) is 0.0667. The van der Waals surface area contributed by atoms with E-state index >= 15 is 0 Å². The van der Waals surface area contributed by atoms with Gasteiger partial charge in [0.15, 0.2) is 0 Å². The summed E-state index contributed by atoms with van der Waals surface area (Å²) in [4.78, 5) is 22.1. The molecular formula is C15H13N3O4. The van der Waals surface area contributed by atoms with Crippen molar-refractivity contribution in [2.75, 3.05) is 7.11 Å². The minimum atomic E-state index is -0.515. The van der Waals surface area contributed by atoms with E-state index in [1.165, 1.54) is 31.5 Å². The molecule has 0 fully saturated rings. The molecule has 2 aromatic carbocycles. The first kappa shape index (κ1) is 15.2. The van der Waals surface area contributed by atoms with Gasteiger partial charge in [0.1, 0.15) is 5.75 Å². The Kier molecular flexibility index (Phi) is 4.81. The number of nitrogens with one attached hydrogen (secondary N) is 1. The molecular weight excluding hydrogens is 286 g/mol. The number of hydrogen-bond acceptors (Lipinski definition) is 5. The molecule has 0 bridgehead atoms. The highest BCUT2D eigenvalue weighted by molar-refractivity contribution is 5.95. The number of hydrogen-bond donors (Lipinski definition) is 1. The number of non-ortho nitro benzene ring substituents is 1. The Balaban J connectivity index is 2.14. The van der Waals surface area contributed by atoms with Crippen LogP contribution in [-0.4, -0.2) is 24.2 Å². The summed E-state index contributed by atoms with van der Waals surface area (Å²) in [7, 11) is 1.45. The molecule has 2 rings (SSSR count). The number of carbonyl (C=O) groups is 1. The lowest BCUT2D eigenvalue weighted by Gasteiger charge is -2.04. The quantitative estimate of drug-likeness (QED) is 0.521. The molecule has 0 spiro atoms. The SMILES string of the molecule is COc1ccc([N+](=O)[O-])cc1/C=N/NC(=O)c1ccccc1. The van der Waals surface area contributed by atoms with Crippen molar-refractivity contribution in [2.45, 2.75) is 0 Å². The summed E-state index contributed by atoms with van der Waals surface area (Å²) in [5.74, 6) is 0.0459. The number of hydrazone groups is 1. The van der Waals surface area contributed by atoms with Crippen molar-refractivity contribution in [2.24, 2.45) is 5.10 Å². The molecule has 0 saturated heterocycles. The van der Waals surface area contributed by atoms with Crippen LogP contribution in [0, 0.1) is 10.1 Å². The van der Waals surface area contributed by atoms with Crippen molar-refractivity contribution >= 4 is 17.8 Å². The summed E-state index contributed by atoms with van der Waals surface area (Å²) >= 11 is 0. The number of nitro benzene ring substituents is 1. The molecule has 22 heavy (non-hydrogen) atoms. The normalized spacial score (nSPS) is 10.4. The van der Waals surface area contributed by atoms with E-state index in [9.17, 15) is 14.9 Å². The van der Waals surface area contributed by atoms with Gasteiger partial charge in [0, 0.05) is 23.3 Å². The van der Waals surface area contributed by atoms with Gasteiger partial charge in [-0.05, 0) is 18.2 Å². The number of rotatable bonds is 5. The van der Waals surface area contributed by atoms with Crippen LogP contribution in [0.15, 0.2) is 53.6 Å². The molecule has 1 N–H and O–H groups in total. The van der Waals surface area contributed by atoms with Crippen molar-refractivity contribution < 1.29 is 14.5 Å². The lowest BCUT2D eigenvalue weighted by Crippen LogP contribution is -2.17. The van der Waals surface area contributed by atoms with Gasteiger partial charge >= 0.3 is 0 Å². The number of amides is 1. The second-order valence-electron chi connectivity index (χ2n) is 4.25. The minimum Gasteiger partial charge on any atom is -0.496 e. The van der Waals surface area contributed by atoms with Gasteiger partial charge in [0.2, 0.25) is 0 Å². The number of methoxy groups -OCH3 is 1. The van der Waals surface area contributed by atoms with E-state index in [2.05, 4.69) is 10.5 Å². The molecule has 2 aromatic rings. The molecule has 0 radical (unpaired) electrons. The predicted molar refractivity (Wildman–Crippen MR) is 81.2 cm³/mol. The van der Waals surface area contributed by atoms with Crippen LogP contribution in [0.5, 0.6) is 5.75 Å². The molecule has 0 aliphatic carbocycles. The highest BCUT2D eigenvalue weighted by atomic mass is 16.6. The number of carbonyl (C=O) groups excluding carboxylic acids is 1. The first-order valence-corrected chi connectivity index (χ1v) is 6.32. The van der Waals surface area contributed by atoms with Gasteiger partial charge in [-0.1, -0.05) is 18.2 Å². The van der Waals surface area contributed by atoms with Crippen LogP contribution in [-0.2, 0) is 0 Å². The van der Waals surface area contributed by atoms with E-state index in [1.807, 2.05) is 0 Å². The van der Waals surface area contributed by atoms with Gasteiger partial charge in [-0.2, -0.15) is 5.10 Å². The van der Waals surface area contributed by atoms with Gasteiger partial charge in [0.25, 0.3) is 11.6 Å². The Bertz CT molecular complexity index is 714. The largest absolute Gasteiger partial charge is 0.496 e. The van der Waals surface area contributed by atoms with Crippen LogP contribution < -0.4 is 10.2 Å². The average Bonchev–Trinajstić information content (AvgIpc) is 2.55. The maximum Gasteiger partial charge on any atom is 0.271 e. The summed E-state index contributed by atoms with van der Waals surface area (Å²) in [6, 6.07) is 12.7. The summed E-state index contributed by atoms with van der Waals surface area (Å²) in [6.07, 6.45) is 1.30. The zero-order valence-electron chi connectivity index (χ0n) is 11.7. The van der Waals surface area contributed by atoms with Crippen LogP contribution in [0.25, 0.3) is 0 Å². The molecule has 0 aromatic heterocycles. The maximum atomic E-state index is 11.8. The molecule has 112 valence electrons. The third kappa shape index (κ3) is 3.66. The van der Waals surface area contributed by atoms with E-state index in [4.69, 9.17) is 4.74 Å². The topological polar surface area (TPSA) is 93.8 Å². The van der Waals surface area contributed by atoms with E-state index < -0.39 is 4.92 Å². The van der Waals surface area contributed by atoms with Gasteiger partial charge in [-0.3, -0.25) is 14.9 Å². The van der Waals surface area contributed by atoms with Crippen LogP contribution in [0.4, 0.5) is 5.69 Å². The Hall–Kier alpha value is -3.22. The third-order valence-corrected chi connectivity index (χ3v) is 2.83. The van der Waals surface area contributed by atoms with Crippen molar-refractivity contribution in [1.82, 2.24) is 5.43 Å². The van der Waals surface area contributed by atoms with Gasteiger partial charge < -0.3 is 4.74 Å². The molecule has 0 unspecified atom stereocenters. The highest BCUT2D eigenvalue weighted by Gasteiger charge is 2.10. The Morgan fingerprint density at radius 3 is 2.64 bits per heavy atom. The second kappa shape index (κ2) is 6.98. The van der Waals surface area contributed by atoms with Crippen LogP contribution in [0.1, 0.15) is 15.9 Å². The molecule has 0 saturated carbocycles. The van der Waals surface area contributed by atoms with Crippen molar-refractivity contribution in [3.05, 3.63) is 69.8 Å². The van der Waals surface area contributed by atoms with E-state index in [-0.39, 0.29) is 11.6 Å². The summed E-state index contributed by atoms with van der Waals surface area (Å²) in [5.41, 5.74) is 3.12. The van der Waals surface area contributed by atoms with Crippen LogP contribution in [0.3, 0.4) is 0 Å². The number of nitrogens with zero attached hydrogens (tertiary/aromatic N) is 2. The molecule has 1 amide bonds. The molecule has 0 heterocycles. The molecule has 0 aliphatic heterocycles. The fourth-order valence-electron chi connectivity index (χ4n) is 1.75. The number of benzene rings is 2. The van der Waals surface area contributed by atoms with E-state index in [1.54, 1.807) is 30.3 Å². The third-order valence-electron chi connectivity index (χ3n) is 2.83. The Morgan fingerprint density at radius 2 is 2.00 bits per heavy atom. The Morgan fingerprint density at radius 1 is 1.27 bits per heavy atom. The fourth-order valence-corrected chi connectivity index (χ4v) is 1.75. The number of nitro groups is 1. The van der Waals surface area contributed by atoms with Crippen molar-refractivity contribution in [3.63, 3.8) is 0 Å². The first-order chi connectivity index (χ1) is 10.6. The highest BCUT2D eigenvalue weighted by Crippen LogP contribution is 2.22. The van der Waals surface area contributed by atoms with Crippen LogP contribution in [0.2, 0.25) is 0 Å². The summed E-state index contributed by atoms with van der Waals surface area (Å²) < 4.78 is 5.10. The smallest absolute Gasteiger partial charge is 0.271 e. The number of ether oxygens (including phenoxy) is 1. The standard InChI is InChI=1S/C15H13N3O4/c1-22-14-8-7-13(18(20)21)9-12(14)10-16-17-15(19)11-5-3-2-4-6-11/h2-10H,1H3,(H,17,19)/b16-10+.